The summed E-state index contributed by atoms with van der Waals surface area (Å²) >= 11 is 0. The Balaban J connectivity index is 1.92. The van der Waals surface area contributed by atoms with Crippen molar-refractivity contribution >= 4 is 23.6 Å². The Labute approximate surface area is 132 Å². The molecule has 1 fully saturated rings. The van der Waals surface area contributed by atoms with Gasteiger partial charge in [-0.3, -0.25) is 15.0 Å². The number of nitrogens with zero attached hydrogens (tertiary/aromatic N) is 3. The first kappa shape index (κ1) is 15.1. The number of hydrogen-bond acceptors (Lipinski definition) is 7. The van der Waals surface area contributed by atoms with E-state index in [1.165, 1.54) is 12.3 Å². The van der Waals surface area contributed by atoms with Crippen molar-refractivity contribution in [1.29, 1.82) is 0 Å². The van der Waals surface area contributed by atoms with Crippen LogP contribution in [0.4, 0.5) is 5.82 Å². The van der Waals surface area contributed by atoms with Crippen LogP contribution in [0, 0.1) is 0 Å². The summed E-state index contributed by atoms with van der Waals surface area (Å²) in [5.74, 6) is -0.641. The van der Waals surface area contributed by atoms with E-state index < -0.39 is 17.8 Å². The maximum atomic E-state index is 12.0. The number of hydrogen-bond donors (Lipinski definition) is 1. The molecule has 0 atom stereocenters. The molecule has 0 saturated heterocycles. The van der Waals surface area contributed by atoms with Crippen molar-refractivity contribution in [3.05, 3.63) is 29.2 Å². The molecule has 0 aromatic carbocycles. The number of imide groups is 1. The Kier molecular flexibility index (Phi) is 3.81. The molecule has 2 aliphatic rings. The van der Waals surface area contributed by atoms with Gasteiger partial charge in [0.25, 0.3) is 11.8 Å². The van der Waals surface area contributed by atoms with Crippen LogP contribution in [-0.4, -0.2) is 39.4 Å². The van der Waals surface area contributed by atoms with Crippen molar-refractivity contribution in [1.82, 2.24) is 15.0 Å². The molecule has 1 aromatic rings. The van der Waals surface area contributed by atoms with Crippen molar-refractivity contribution in [3.63, 3.8) is 0 Å². The van der Waals surface area contributed by atoms with Crippen molar-refractivity contribution in [2.45, 2.75) is 32.6 Å². The fraction of sp³-hybridized carbons (Fsp3) is 0.400. The molecule has 3 rings (SSSR count). The fourth-order valence-electron chi connectivity index (χ4n) is 2.18. The highest BCUT2D eigenvalue weighted by Crippen LogP contribution is 2.38. The van der Waals surface area contributed by atoms with E-state index in [1.807, 2.05) is 0 Å². The molecule has 0 spiro atoms. The molecular formula is C15H16N4O4. The Morgan fingerprint density at radius 1 is 1.43 bits per heavy atom. The third kappa shape index (κ3) is 2.92. The quantitative estimate of drug-likeness (QED) is 0.642. The van der Waals surface area contributed by atoms with Crippen LogP contribution in [0.2, 0.25) is 0 Å². The molecular weight excluding hydrogens is 300 g/mol. The monoisotopic (exact) mass is 316 g/mol. The van der Waals surface area contributed by atoms with E-state index in [2.05, 4.69) is 15.4 Å². The second kappa shape index (κ2) is 5.79. The van der Waals surface area contributed by atoms with Gasteiger partial charge in [-0.25, -0.2) is 14.8 Å². The highest BCUT2D eigenvalue weighted by atomic mass is 16.5. The second-order valence-corrected chi connectivity index (χ2v) is 5.40. The van der Waals surface area contributed by atoms with Crippen LogP contribution in [0.15, 0.2) is 17.8 Å². The smallest absolute Gasteiger partial charge is 0.343 e. The average Bonchev–Trinajstić information content (AvgIpc) is 3.33. The molecule has 120 valence electrons. The third-order valence-electron chi connectivity index (χ3n) is 3.56. The number of esters is 1. The average molecular weight is 316 g/mol. The Morgan fingerprint density at radius 2 is 2.17 bits per heavy atom. The summed E-state index contributed by atoms with van der Waals surface area (Å²) in [6.07, 6.45) is 4.56. The molecule has 8 heteroatoms. The normalized spacial score (nSPS) is 17.3. The number of rotatable bonds is 5. The van der Waals surface area contributed by atoms with E-state index >= 15 is 0 Å². The molecule has 2 amide bonds. The van der Waals surface area contributed by atoms with Crippen LogP contribution in [0.25, 0.3) is 0 Å². The van der Waals surface area contributed by atoms with Gasteiger partial charge in [0.15, 0.2) is 5.82 Å². The van der Waals surface area contributed by atoms with Crippen LogP contribution >= 0.6 is 0 Å². The van der Waals surface area contributed by atoms with Gasteiger partial charge in [-0.2, -0.15) is 5.01 Å². The maximum absolute atomic E-state index is 12.0. The lowest BCUT2D eigenvalue weighted by atomic mass is 10.3. The minimum atomic E-state index is -0.610. The minimum absolute atomic E-state index is 0.0846. The summed E-state index contributed by atoms with van der Waals surface area (Å²) in [7, 11) is 0. The maximum Gasteiger partial charge on any atom is 0.343 e. The van der Waals surface area contributed by atoms with Gasteiger partial charge in [0.05, 0.1) is 6.61 Å². The molecule has 0 unspecified atom stereocenters. The standard InChI is InChI=1S/C15H16N4O4/c1-3-23-15(22)10-7-16-12(9-4-5-9)17-13(10)18-19-11(20)6-8(2)14(19)21/h6-7,9H,3-5H2,1-2H3,(H,16,17,18). The van der Waals surface area contributed by atoms with Gasteiger partial charge >= 0.3 is 5.97 Å². The second-order valence-electron chi connectivity index (χ2n) is 5.40. The van der Waals surface area contributed by atoms with Gasteiger partial charge in [0.1, 0.15) is 11.4 Å². The lowest BCUT2D eigenvalue weighted by molar-refractivity contribution is -0.135. The highest BCUT2D eigenvalue weighted by Gasteiger charge is 2.32. The first-order chi connectivity index (χ1) is 11.0. The lowest BCUT2D eigenvalue weighted by Gasteiger charge is -2.18. The van der Waals surface area contributed by atoms with E-state index in [9.17, 15) is 14.4 Å². The van der Waals surface area contributed by atoms with Crippen molar-refractivity contribution in [3.8, 4) is 0 Å². The van der Waals surface area contributed by atoms with Crippen LogP contribution in [-0.2, 0) is 14.3 Å². The number of ether oxygens (including phenoxy) is 1. The van der Waals surface area contributed by atoms with Gasteiger partial charge in [0.2, 0.25) is 0 Å². The zero-order valence-electron chi connectivity index (χ0n) is 12.8. The Morgan fingerprint density at radius 3 is 2.74 bits per heavy atom. The molecule has 1 aliphatic carbocycles. The predicted octanol–water partition coefficient (Wildman–Crippen LogP) is 1.17. The lowest BCUT2D eigenvalue weighted by Crippen LogP contribution is -2.37. The summed E-state index contributed by atoms with van der Waals surface area (Å²) in [6, 6.07) is 0. The van der Waals surface area contributed by atoms with E-state index in [0.717, 1.165) is 17.9 Å². The molecule has 1 N–H and O–H groups in total. The molecule has 1 aromatic heterocycles. The first-order valence-electron chi connectivity index (χ1n) is 7.38. The minimum Gasteiger partial charge on any atom is -0.462 e. The molecule has 1 saturated carbocycles. The summed E-state index contributed by atoms with van der Waals surface area (Å²) < 4.78 is 4.96. The summed E-state index contributed by atoms with van der Waals surface area (Å²) in [5.41, 5.74) is 3.03. The van der Waals surface area contributed by atoms with Crippen molar-refractivity contribution in [2.75, 3.05) is 12.0 Å². The molecule has 1 aliphatic heterocycles. The van der Waals surface area contributed by atoms with Crippen LogP contribution in [0.5, 0.6) is 0 Å². The number of carbonyl (C=O) groups excluding carboxylic acids is 3. The first-order valence-corrected chi connectivity index (χ1v) is 7.38. The molecule has 0 bridgehead atoms. The zero-order chi connectivity index (χ0) is 16.6. The summed E-state index contributed by atoms with van der Waals surface area (Å²) in [4.78, 5) is 44.3. The Hall–Kier alpha value is -2.77. The zero-order valence-corrected chi connectivity index (χ0v) is 12.8. The van der Waals surface area contributed by atoms with E-state index in [0.29, 0.717) is 11.4 Å². The molecule has 8 nitrogen and oxygen atoms in total. The van der Waals surface area contributed by atoms with E-state index in [4.69, 9.17) is 4.74 Å². The fourth-order valence-corrected chi connectivity index (χ4v) is 2.18. The van der Waals surface area contributed by atoms with Gasteiger partial charge in [-0.1, -0.05) is 0 Å². The molecule has 23 heavy (non-hydrogen) atoms. The van der Waals surface area contributed by atoms with E-state index in [1.54, 1.807) is 13.8 Å². The third-order valence-corrected chi connectivity index (χ3v) is 3.56. The SMILES string of the molecule is CCOC(=O)c1cnc(C2CC2)nc1NN1C(=O)C=C(C)C1=O. The predicted molar refractivity (Wildman–Crippen MR) is 79.2 cm³/mol. The summed E-state index contributed by atoms with van der Waals surface area (Å²) in [5, 5.41) is 0.830. The summed E-state index contributed by atoms with van der Waals surface area (Å²) in [6.45, 7) is 3.43. The number of amides is 2. The number of anilines is 1. The van der Waals surface area contributed by atoms with Gasteiger partial charge in [0, 0.05) is 23.8 Å². The number of hydrazine groups is 1. The number of carbonyl (C=O) groups is 3. The van der Waals surface area contributed by atoms with Crippen molar-refractivity contribution < 1.29 is 19.1 Å². The highest BCUT2D eigenvalue weighted by molar-refractivity contribution is 6.16. The van der Waals surface area contributed by atoms with Crippen LogP contribution in [0.3, 0.4) is 0 Å². The molecule has 2 heterocycles. The number of nitrogens with one attached hydrogen (secondary N) is 1. The van der Waals surface area contributed by atoms with Crippen LogP contribution < -0.4 is 5.43 Å². The largest absolute Gasteiger partial charge is 0.462 e. The van der Waals surface area contributed by atoms with Crippen molar-refractivity contribution in [2.24, 2.45) is 0 Å². The topological polar surface area (TPSA) is 101 Å². The number of aromatic nitrogens is 2. The Bertz CT molecular complexity index is 724. The van der Waals surface area contributed by atoms with Gasteiger partial charge < -0.3 is 4.74 Å². The molecule has 0 radical (unpaired) electrons. The van der Waals surface area contributed by atoms with Gasteiger partial charge in [-0.05, 0) is 26.7 Å². The van der Waals surface area contributed by atoms with Gasteiger partial charge in [-0.15, -0.1) is 0 Å². The van der Waals surface area contributed by atoms with Crippen LogP contribution in [0.1, 0.15) is 48.8 Å². The van der Waals surface area contributed by atoms with E-state index in [-0.39, 0.29) is 23.9 Å².